The number of hydrogen-bond donors (Lipinski definition) is 2. The van der Waals surface area contributed by atoms with Crippen LogP contribution in [-0.2, 0) is 17.7 Å². The molecule has 6 heteroatoms. The monoisotopic (exact) mass is 334 g/mol. The normalized spacial score (nSPS) is 29.8. The summed E-state index contributed by atoms with van der Waals surface area (Å²) < 4.78 is 20.1. The first-order valence-electron chi connectivity index (χ1n) is 8.68. The zero-order valence-electron chi connectivity index (χ0n) is 13.7. The second kappa shape index (κ2) is 6.10. The van der Waals surface area contributed by atoms with Crippen molar-refractivity contribution in [3.8, 4) is 0 Å². The number of ether oxygens (including phenoxy) is 1. The molecule has 1 spiro atoms. The summed E-state index contributed by atoms with van der Waals surface area (Å²) in [4.78, 5) is 13.9. The van der Waals surface area contributed by atoms with E-state index in [4.69, 9.17) is 9.94 Å². The van der Waals surface area contributed by atoms with Crippen molar-refractivity contribution >= 4 is 5.91 Å². The Morgan fingerprint density at radius 3 is 2.96 bits per heavy atom. The first kappa shape index (κ1) is 16.0. The van der Waals surface area contributed by atoms with Crippen LogP contribution in [0.1, 0.15) is 47.2 Å². The summed E-state index contributed by atoms with van der Waals surface area (Å²) in [6.07, 6.45) is 5.44. The van der Waals surface area contributed by atoms with E-state index in [0.29, 0.717) is 23.6 Å². The molecule has 3 aliphatic rings. The van der Waals surface area contributed by atoms with Crippen LogP contribution in [-0.4, -0.2) is 41.8 Å². The number of halogens is 1. The van der Waals surface area contributed by atoms with Crippen LogP contribution in [0.2, 0.25) is 0 Å². The quantitative estimate of drug-likeness (QED) is 0.643. The molecule has 0 bridgehead atoms. The van der Waals surface area contributed by atoms with Crippen LogP contribution in [0.3, 0.4) is 0 Å². The van der Waals surface area contributed by atoms with Crippen LogP contribution in [0, 0.1) is 11.2 Å². The highest BCUT2D eigenvalue weighted by atomic mass is 19.1. The summed E-state index contributed by atoms with van der Waals surface area (Å²) in [5.74, 6) is -1.02. The van der Waals surface area contributed by atoms with E-state index in [-0.39, 0.29) is 11.4 Å². The number of hydrogen-bond acceptors (Lipinski definition) is 4. The summed E-state index contributed by atoms with van der Waals surface area (Å²) in [6.45, 7) is 3.25. The van der Waals surface area contributed by atoms with Crippen molar-refractivity contribution in [2.24, 2.45) is 5.41 Å². The molecule has 24 heavy (non-hydrogen) atoms. The average Bonchev–Trinajstić information content (AvgIpc) is 2.59. The molecule has 5 nitrogen and oxygen atoms in total. The Bertz CT molecular complexity index is 650. The number of fused-ring (bicyclic) bond motifs is 1. The topological polar surface area (TPSA) is 61.8 Å². The minimum atomic E-state index is -0.669. The largest absolute Gasteiger partial charge is 0.381 e. The lowest BCUT2D eigenvalue weighted by atomic mass is 9.62. The highest BCUT2D eigenvalue weighted by Gasteiger charge is 2.47. The minimum absolute atomic E-state index is 0.171. The van der Waals surface area contributed by atoms with E-state index in [1.165, 1.54) is 12.5 Å². The van der Waals surface area contributed by atoms with Gasteiger partial charge in [-0.25, -0.2) is 9.87 Å². The van der Waals surface area contributed by atoms with E-state index in [2.05, 4.69) is 4.90 Å². The van der Waals surface area contributed by atoms with Gasteiger partial charge in [0.05, 0.1) is 6.61 Å². The molecule has 4 rings (SSSR count). The fourth-order valence-corrected chi connectivity index (χ4v) is 4.58. The van der Waals surface area contributed by atoms with Crippen LogP contribution in [0.25, 0.3) is 0 Å². The van der Waals surface area contributed by atoms with Gasteiger partial charge in [-0.2, -0.15) is 0 Å². The maximum Gasteiger partial charge on any atom is 0.274 e. The van der Waals surface area contributed by atoms with E-state index < -0.39 is 5.91 Å². The number of hydroxylamine groups is 1. The van der Waals surface area contributed by atoms with E-state index in [1.807, 2.05) is 0 Å². The van der Waals surface area contributed by atoms with Gasteiger partial charge in [0.2, 0.25) is 0 Å². The molecule has 0 aromatic heterocycles. The smallest absolute Gasteiger partial charge is 0.274 e. The van der Waals surface area contributed by atoms with Gasteiger partial charge in [0.15, 0.2) is 0 Å². The van der Waals surface area contributed by atoms with Gasteiger partial charge in [-0.15, -0.1) is 0 Å². The molecule has 1 saturated carbocycles. The predicted molar refractivity (Wildman–Crippen MR) is 85.3 cm³/mol. The Balaban J connectivity index is 1.46. The molecule has 2 aliphatic heterocycles. The summed E-state index contributed by atoms with van der Waals surface area (Å²) in [5, 5.41) is 8.72. The molecule has 1 saturated heterocycles. The maximum absolute atomic E-state index is 14.4. The summed E-state index contributed by atoms with van der Waals surface area (Å²) >= 11 is 0. The third-order valence-electron chi connectivity index (χ3n) is 5.94. The number of nitrogens with zero attached hydrogens (tertiary/aromatic N) is 1. The molecule has 2 heterocycles. The Morgan fingerprint density at radius 2 is 2.25 bits per heavy atom. The lowest BCUT2D eigenvalue weighted by Crippen LogP contribution is -2.55. The van der Waals surface area contributed by atoms with Gasteiger partial charge in [0.1, 0.15) is 5.82 Å². The van der Waals surface area contributed by atoms with Gasteiger partial charge in [0.25, 0.3) is 5.91 Å². The van der Waals surface area contributed by atoms with Crippen molar-refractivity contribution in [2.45, 2.75) is 44.7 Å². The minimum Gasteiger partial charge on any atom is -0.381 e. The average molecular weight is 334 g/mol. The Hall–Kier alpha value is -1.50. The van der Waals surface area contributed by atoms with E-state index in [9.17, 15) is 9.18 Å². The number of rotatable bonds is 2. The predicted octanol–water partition coefficient (Wildman–Crippen LogP) is 2.26. The molecular formula is C18H23FN2O3. The van der Waals surface area contributed by atoms with E-state index in [0.717, 1.165) is 51.0 Å². The van der Waals surface area contributed by atoms with Crippen molar-refractivity contribution in [3.63, 3.8) is 0 Å². The first-order valence-corrected chi connectivity index (χ1v) is 8.68. The molecule has 130 valence electrons. The van der Waals surface area contributed by atoms with Crippen LogP contribution < -0.4 is 5.48 Å². The van der Waals surface area contributed by atoms with Gasteiger partial charge in [-0.1, -0.05) is 0 Å². The SMILES string of the molecule is O=C(NO)c1cc(F)c2c(c1)CCN(C1CC3(CCCOC3)C1)C2. The standard InChI is InChI=1S/C18H23FN2O3/c19-16-7-13(17(22)20-23)6-12-2-4-21(10-15(12)16)14-8-18(9-14)3-1-5-24-11-18/h6-7,14,23H,1-5,8-11H2,(H,20,22). The Morgan fingerprint density at radius 1 is 1.42 bits per heavy atom. The molecule has 0 radical (unpaired) electrons. The molecule has 1 aromatic rings. The number of benzene rings is 1. The molecule has 2 fully saturated rings. The number of amides is 1. The van der Waals surface area contributed by atoms with Gasteiger partial charge in [-0.3, -0.25) is 14.9 Å². The second-order valence-corrected chi connectivity index (χ2v) is 7.48. The van der Waals surface area contributed by atoms with Crippen molar-refractivity contribution in [2.75, 3.05) is 19.8 Å². The Kier molecular flexibility index (Phi) is 4.06. The summed E-state index contributed by atoms with van der Waals surface area (Å²) in [7, 11) is 0. The Labute approximate surface area is 140 Å². The fourth-order valence-electron chi connectivity index (χ4n) is 4.58. The maximum atomic E-state index is 14.4. The number of carbonyl (C=O) groups excluding carboxylic acids is 1. The molecule has 1 amide bonds. The zero-order chi connectivity index (χ0) is 16.7. The van der Waals surface area contributed by atoms with E-state index in [1.54, 1.807) is 11.5 Å². The highest BCUT2D eigenvalue weighted by Crippen LogP contribution is 2.49. The molecule has 2 N–H and O–H groups in total. The third-order valence-corrected chi connectivity index (χ3v) is 5.94. The molecule has 1 aromatic carbocycles. The lowest BCUT2D eigenvalue weighted by molar-refractivity contribution is -0.0985. The van der Waals surface area contributed by atoms with Gasteiger partial charge in [0, 0.05) is 36.9 Å². The van der Waals surface area contributed by atoms with Gasteiger partial charge < -0.3 is 4.74 Å². The fraction of sp³-hybridized carbons (Fsp3) is 0.611. The van der Waals surface area contributed by atoms with Crippen LogP contribution in [0.4, 0.5) is 4.39 Å². The third kappa shape index (κ3) is 2.72. The summed E-state index contributed by atoms with van der Waals surface area (Å²) in [5.41, 5.74) is 3.67. The number of nitrogens with one attached hydrogen (secondary N) is 1. The van der Waals surface area contributed by atoms with Gasteiger partial charge in [-0.05, 0) is 55.2 Å². The lowest BCUT2D eigenvalue weighted by Gasteiger charge is -2.54. The van der Waals surface area contributed by atoms with Crippen molar-refractivity contribution in [1.29, 1.82) is 0 Å². The zero-order valence-corrected chi connectivity index (χ0v) is 13.7. The molecule has 1 aliphatic carbocycles. The molecular weight excluding hydrogens is 311 g/mol. The van der Waals surface area contributed by atoms with Crippen LogP contribution in [0.15, 0.2) is 12.1 Å². The van der Waals surface area contributed by atoms with Crippen LogP contribution in [0.5, 0.6) is 0 Å². The second-order valence-electron chi connectivity index (χ2n) is 7.48. The van der Waals surface area contributed by atoms with Crippen LogP contribution >= 0.6 is 0 Å². The van der Waals surface area contributed by atoms with Crippen molar-refractivity contribution in [3.05, 3.63) is 34.6 Å². The van der Waals surface area contributed by atoms with E-state index >= 15 is 0 Å². The van der Waals surface area contributed by atoms with Crippen molar-refractivity contribution < 1.29 is 19.1 Å². The van der Waals surface area contributed by atoms with Gasteiger partial charge >= 0.3 is 0 Å². The highest BCUT2D eigenvalue weighted by molar-refractivity contribution is 5.93. The van der Waals surface area contributed by atoms with Crippen molar-refractivity contribution in [1.82, 2.24) is 10.4 Å². The number of carbonyl (C=O) groups is 1. The first-order chi connectivity index (χ1) is 11.6. The molecule has 0 unspecified atom stereocenters. The summed E-state index contributed by atoms with van der Waals surface area (Å²) in [6, 6.07) is 3.42. The molecule has 0 atom stereocenters.